The maximum atomic E-state index is 13.0. The van der Waals surface area contributed by atoms with Gasteiger partial charge in [0.15, 0.2) is 9.84 Å². The van der Waals surface area contributed by atoms with Gasteiger partial charge < -0.3 is 20.1 Å². The fraction of sp³-hybridized carbons (Fsp3) is 0.600. The lowest BCUT2D eigenvalue weighted by Gasteiger charge is -2.39. The Labute approximate surface area is 216 Å². The molecule has 2 N–H and O–H groups in total. The van der Waals surface area contributed by atoms with E-state index in [0.29, 0.717) is 17.8 Å². The van der Waals surface area contributed by atoms with E-state index < -0.39 is 15.1 Å². The van der Waals surface area contributed by atoms with Crippen LogP contribution in [0.15, 0.2) is 35.3 Å². The van der Waals surface area contributed by atoms with Crippen LogP contribution >= 0.6 is 11.6 Å². The van der Waals surface area contributed by atoms with Crippen LogP contribution < -0.4 is 15.8 Å². The predicted molar refractivity (Wildman–Crippen MR) is 140 cm³/mol. The molecule has 9 nitrogen and oxygen atoms in total. The summed E-state index contributed by atoms with van der Waals surface area (Å²) in [6.07, 6.45) is 7.47. The molecular formula is C25H33ClN4O5S. The number of aliphatic hydroxyl groups is 1. The van der Waals surface area contributed by atoms with Gasteiger partial charge in [-0.2, -0.15) is 5.10 Å². The number of hydrogen-bond donors (Lipinski definition) is 2. The average Bonchev–Trinajstić information content (AvgIpc) is 3.72. The van der Waals surface area contributed by atoms with E-state index in [1.165, 1.54) is 29.4 Å². The molecule has 2 heterocycles. The van der Waals surface area contributed by atoms with Crippen molar-refractivity contribution < 1.29 is 18.3 Å². The normalized spacial score (nSPS) is 25.9. The number of anilines is 2. The Morgan fingerprint density at radius 2 is 1.78 bits per heavy atom. The molecule has 1 aliphatic heterocycles. The summed E-state index contributed by atoms with van der Waals surface area (Å²) in [7, 11) is -3.23. The molecule has 1 aromatic carbocycles. The molecule has 3 fully saturated rings. The summed E-state index contributed by atoms with van der Waals surface area (Å²) in [6, 6.07) is 9.09. The second-order valence-electron chi connectivity index (χ2n) is 9.99. The van der Waals surface area contributed by atoms with Gasteiger partial charge in [0.25, 0.3) is 5.56 Å². The number of rotatable bonds is 8. The molecule has 2 aliphatic carbocycles. The van der Waals surface area contributed by atoms with Crippen LogP contribution in [0.3, 0.4) is 0 Å². The number of benzene rings is 1. The molecule has 2 aromatic rings. The first kappa shape index (κ1) is 25.5. The first-order chi connectivity index (χ1) is 17.4. The van der Waals surface area contributed by atoms with E-state index in [-0.39, 0.29) is 48.7 Å². The standard InChI is InChI=1S/C25H33ClN4O5S/c26-24-23(27-13-22-16-35-11-12-36(22,33)34)14-28-30(25(24)32)21-9-7-20(8-10-21)29(19-5-6-19)18-3-1-17(15-31)2-4-18/h1-4,14,19-22,27,31H,5-13,15-16H2/t20?,21?,22-/m0/s1. The first-order valence-electron chi connectivity index (χ1n) is 12.7. The topological polar surface area (TPSA) is 114 Å². The predicted octanol–water partition coefficient (Wildman–Crippen LogP) is 2.77. The zero-order valence-electron chi connectivity index (χ0n) is 20.2. The van der Waals surface area contributed by atoms with Crippen molar-refractivity contribution in [3.05, 3.63) is 51.4 Å². The molecule has 0 radical (unpaired) electrons. The van der Waals surface area contributed by atoms with Crippen molar-refractivity contribution >= 4 is 32.8 Å². The van der Waals surface area contributed by atoms with Crippen LogP contribution in [0, 0.1) is 0 Å². The van der Waals surface area contributed by atoms with Crippen molar-refractivity contribution in [1.82, 2.24) is 9.78 Å². The van der Waals surface area contributed by atoms with Crippen LogP contribution in [0.2, 0.25) is 5.02 Å². The summed E-state index contributed by atoms with van der Waals surface area (Å²) >= 11 is 6.40. The third kappa shape index (κ3) is 5.41. The average molecular weight is 537 g/mol. The summed E-state index contributed by atoms with van der Waals surface area (Å²) in [4.78, 5) is 15.6. The van der Waals surface area contributed by atoms with E-state index in [4.69, 9.17) is 16.3 Å². The third-order valence-corrected chi connectivity index (χ3v) is 9.97. The maximum Gasteiger partial charge on any atom is 0.287 e. The van der Waals surface area contributed by atoms with E-state index in [2.05, 4.69) is 27.4 Å². The third-order valence-electron chi connectivity index (χ3n) is 7.55. The Bertz CT molecular complexity index is 1220. The Morgan fingerprint density at radius 1 is 1.11 bits per heavy atom. The lowest BCUT2D eigenvalue weighted by molar-refractivity contribution is 0.140. The fourth-order valence-electron chi connectivity index (χ4n) is 5.32. The Balaban J connectivity index is 1.23. The van der Waals surface area contributed by atoms with Gasteiger partial charge in [0.1, 0.15) is 10.3 Å². The van der Waals surface area contributed by atoms with E-state index in [1.54, 1.807) is 0 Å². The zero-order chi connectivity index (χ0) is 25.3. The number of aliphatic hydroxyl groups excluding tert-OH is 1. The number of nitrogens with zero attached hydrogens (tertiary/aromatic N) is 3. The quantitative estimate of drug-likeness (QED) is 0.529. The number of sulfone groups is 1. The van der Waals surface area contributed by atoms with Crippen molar-refractivity contribution in [2.75, 3.05) is 35.7 Å². The van der Waals surface area contributed by atoms with E-state index >= 15 is 0 Å². The van der Waals surface area contributed by atoms with Gasteiger partial charge >= 0.3 is 0 Å². The van der Waals surface area contributed by atoms with Crippen LogP contribution in [0.5, 0.6) is 0 Å². The summed E-state index contributed by atoms with van der Waals surface area (Å²) in [5.74, 6) is 0.00173. The largest absolute Gasteiger partial charge is 0.392 e. The number of ether oxygens (including phenoxy) is 1. The van der Waals surface area contributed by atoms with Gasteiger partial charge in [0.05, 0.1) is 43.5 Å². The molecule has 1 aromatic heterocycles. The number of hydrogen-bond acceptors (Lipinski definition) is 8. The van der Waals surface area contributed by atoms with Crippen LogP contribution in [0.25, 0.3) is 0 Å². The van der Waals surface area contributed by atoms with Gasteiger partial charge in [0, 0.05) is 24.3 Å². The van der Waals surface area contributed by atoms with Gasteiger partial charge in [0.2, 0.25) is 0 Å². The van der Waals surface area contributed by atoms with Crippen LogP contribution in [-0.2, 0) is 21.2 Å². The smallest absolute Gasteiger partial charge is 0.287 e. The molecule has 0 spiro atoms. The minimum absolute atomic E-state index is 0.00173. The van der Waals surface area contributed by atoms with E-state index in [9.17, 15) is 18.3 Å². The highest BCUT2D eigenvalue weighted by Gasteiger charge is 2.37. The van der Waals surface area contributed by atoms with Crippen LogP contribution in [0.4, 0.5) is 11.4 Å². The zero-order valence-corrected chi connectivity index (χ0v) is 21.8. The second-order valence-corrected chi connectivity index (χ2v) is 12.8. The monoisotopic (exact) mass is 536 g/mol. The Morgan fingerprint density at radius 3 is 2.39 bits per heavy atom. The second kappa shape index (κ2) is 10.7. The lowest BCUT2D eigenvalue weighted by Crippen LogP contribution is -2.42. The van der Waals surface area contributed by atoms with Crippen molar-refractivity contribution in [3.63, 3.8) is 0 Å². The summed E-state index contributed by atoms with van der Waals surface area (Å²) in [5.41, 5.74) is 2.09. The van der Waals surface area contributed by atoms with Crippen molar-refractivity contribution in [2.45, 2.75) is 68.5 Å². The Hall–Kier alpha value is -2.14. The molecule has 36 heavy (non-hydrogen) atoms. The van der Waals surface area contributed by atoms with Gasteiger partial charge in [-0.25, -0.2) is 13.1 Å². The molecule has 196 valence electrons. The van der Waals surface area contributed by atoms with Crippen molar-refractivity contribution in [1.29, 1.82) is 0 Å². The minimum Gasteiger partial charge on any atom is -0.392 e. The summed E-state index contributed by atoms with van der Waals surface area (Å²) < 4.78 is 31.2. The molecule has 0 bridgehead atoms. The van der Waals surface area contributed by atoms with Gasteiger partial charge in [-0.3, -0.25) is 4.79 Å². The lowest BCUT2D eigenvalue weighted by atomic mass is 9.89. The molecule has 0 amide bonds. The highest BCUT2D eigenvalue weighted by Crippen LogP contribution is 2.39. The van der Waals surface area contributed by atoms with Crippen molar-refractivity contribution in [2.24, 2.45) is 0 Å². The van der Waals surface area contributed by atoms with Crippen molar-refractivity contribution in [3.8, 4) is 0 Å². The van der Waals surface area contributed by atoms with E-state index in [0.717, 1.165) is 31.2 Å². The molecule has 2 saturated carbocycles. The molecule has 5 rings (SSSR count). The Kier molecular flexibility index (Phi) is 7.57. The first-order valence-corrected chi connectivity index (χ1v) is 14.8. The fourth-order valence-corrected chi connectivity index (χ4v) is 6.85. The highest BCUT2D eigenvalue weighted by molar-refractivity contribution is 7.92. The molecule has 1 atom stereocenters. The molecule has 0 unspecified atom stereocenters. The van der Waals surface area contributed by atoms with Crippen LogP contribution in [0.1, 0.15) is 50.1 Å². The number of nitrogens with one attached hydrogen (secondary N) is 1. The van der Waals surface area contributed by atoms with E-state index in [1.807, 2.05) is 12.1 Å². The summed E-state index contributed by atoms with van der Waals surface area (Å²) in [6.45, 7) is 0.508. The van der Waals surface area contributed by atoms with Gasteiger partial charge in [-0.15, -0.1) is 0 Å². The maximum absolute atomic E-state index is 13.0. The van der Waals surface area contributed by atoms with Gasteiger partial charge in [-0.1, -0.05) is 23.7 Å². The van der Waals surface area contributed by atoms with Crippen LogP contribution in [-0.4, -0.2) is 66.1 Å². The van der Waals surface area contributed by atoms with Gasteiger partial charge in [-0.05, 0) is 56.2 Å². The summed E-state index contributed by atoms with van der Waals surface area (Å²) in [5, 5.41) is 16.1. The highest BCUT2D eigenvalue weighted by atomic mass is 35.5. The SMILES string of the molecule is O=c1c(Cl)c(NC[C@H]2COCCS2(=O)=O)cnn1C1CCC(N(c2ccc(CO)cc2)C2CC2)CC1. The molecule has 3 aliphatic rings. The minimum atomic E-state index is -3.23. The number of aromatic nitrogens is 2. The molecule has 11 heteroatoms. The molecular weight excluding hydrogens is 504 g/mol. The number of halogens is 1. The molecule has 1 saturated heterocycles.